The molecule has 142 valence electrons. The molecule has 4 heteroatoms. The second kappa shape index (κ2) is 8.61. The van der Waals surface area contributed by atoms with Gasteiger partial charge < -0.3 is 15.0 Å². The summed E-state index contributed by atoms with van der Waals surface area (Å²) in [5, 5.41) is 2.82. The van der Waals surface area contributed by atoms with Gasteiger partial charge in [0.05, 0.1) is 0 Å². The Bertz CT molecular complexity index is 926. The maximum Gasteiger partial charge on any atom is 0.412 e. The fourth-order valence-corrected chi connectivity index (χ4v) is 3.57. The van der Waals surface area contributed by atoms with E-state index in [0.29, 0.717) is 12.3 Å². The molecule has 0 aromatic heterocycles. The number of amides is 1. The number of benzene rings is 3. The molecular weight excluding hydrogens is 348 g/mol. The van der Waals surface area contributed by atoms with E-state index in [1.807, 2.05) is 36.4 Å². The summed E-state index contributed by atoms with van der Waals surface area (Å²) in [4.78, 5) is 14.4. The maximum atomic E-state index is 12.1. The second-order valence-corrected chi connectivity index (χ2v) is 7.00. The lowest BCUT2D eigenvalue weighted by atomic mass is 10.1. The third-order valence-electron chi connectivity index (χ3n) is 5.00. The zero-order chi connectivity index (χ0) is 19.2. The molecule has 4 nitrogen and oxygen atoms in total. The van der Waals surface area contributed by atoms with Gasteiger partial charge in [-0.2, -0.15) is 0 Å². The molecule has 0 atom stereocenters. The van der Waals surface area contributed by atoms with Gasteiger partial charge in [0.25, 0.3) is 0 Å². The molecule has 3 aromatic rings. The normalized spacial score (nSPS) is 12.5. The van der Waals surface area contributed by atoms with Crippen LogP contribution >= 0.6 is 0 Å². The molecule has 28 heavy (non-hydrogen) atoms. The van der Waals surface area contributed by atoms with Crippen LogP contribution in [0.4, 0.5) is 10.5 Å². The molecule has 1 N–H and O–H groups in total. The smallest absolute Gasteiger partial charge is 0.410 e. The molecule has 1 heterocycles. The number of anilines is 1. The molecule has 0 saturated heterocycles. The first-order valence-corrected chi connectivity index (χ1v) is 9.69. The summed E-state index contributed by atoms with van der Waals surface area (Å²) in [7, 11) is 0. The summed E-state index contributed by atoms with van der Waals surface area (Å²) in [5.74, 6) is 0.595. The van der Waals surface area contributed by atoms with Crippen molar-refractivity contribution in [2.24, 2.45) is 0 Å². The predicted octanol–water partition coefficient (Wildman–Crippen LogP) is 4.58. The molecule has 1 aliphatic heterocycles. The van der Waals surface area contributed by atoms with Crippen molar-refractivity contribution in [2.45, 2.75) is 19.4 Å². The van der Waals surface area contributed by atoms with Crippen LogP contribution in [0.3, 0.4) is 0 Å². The van der Waals surface area contributed by atoms with Crippen molar-refractivity contribution >= 4 is 11.8 Å². The first-order chi connectivity index (χ1) is 13.8. The van der Waals surface area contributed by atoms with Gasteiger partial charge in [-0.15, -0.1) is 0 Å². The molecule has 3 aromatic carbocycles. The van der Waals surface area contributed by atoms with Gasteiger partial charge in [0.2, 0.25) is 0 Å². The van der Waals surface area contributed by atoms with E-state index in [9.17, 15) is 4.79 Å². The number of rotatable bonds is 6. The van der Waals surface area contributed by atoms with Gasteiger partial charge in [-0.25, -0.2) is 4.79 Å². The number of ether oxygens (including phenoxy) is 1. The van der Waals surface area contributed by atoms with Crippen LogP contribution in [0.5, 0.6) is 5.75 Å². The zero-order valence-electron chi connectivity index (χ0n) is 15.8. The Morgan fingerprint density at radius 2 is 1.64 bits per heavy atom. The Balaban J connectivity index is 1.31. The van der Waals surface area contributed by atoms with Crippen LogP contribution in [0.1, 0.15) is 16.7 Å². The van der Waals surface area contributed by atoms with Gasteiger partial charge >= 0.3 is 6.09 Å². The van der Waals surface area contributed by atoms with Crippen LogP contribution in [0.2, 0.25) is 0 Å². The van der Waals surface area contributed by atoms with E-state index in [1.165, 1.54) is 22.4 Å². The van der Waals surface area contributed by atoms with E-state index in [2.05, 4.69) is 52.7 Å². The molecule has 1 amide bonds. The summed E-state index contributed by atoms with van der Waals surface area (Å²) >= 11 is 0. The highest BCUT2D eigenvalue weighted by molar-refractivity contribution is 5.71. The third kappa shape index (κ3) is 4.52. The number of hydrogen-bond acceptors (Lipinski definition) is 3. The number of nitrogens with zero attached hydrogens (tertiary/aromatic N) is 1. The lowest BCUT2D eigenvalue weighted by Crippen LogP contribution is -2.28. The van der Waals surface area contributed by atoms with Crippen molar-refractivity contribution in [3.8, 4) is 5.75 Å². The van der Waals surface area contributed by atoms with E-state index in [-0.39, 0.29) is 0 Å². The molecule has 0 aliphatic carbocycles. The molecule has 0 unspecified atom stereocenters. The lowest BCUT2D eigenvalue weighted by molar-refractivity contribution is 0.200. The van der Waals surface area contributed by atoms with Crippen LogP contribution in [-0.2, 0) is 19.4 Å². The monoisotopic (exact) mass is 372 g/mol. The van der Waals surface area contributed by atoms with Crippen molar-refractivity contribution in [1.29, 1.82) is 0 Å². The fraction of sp³-hybridized carbons (Fsp3) is 0.208. The lowest BCUT2D eigenvalue weighted by Gasteiger charge is -2.19. The largest absolute Gasteiger partial charge is 0.412 e. The SMILES string of the molecule is O=C(NCCc1ccccc1)Oc1ccc2c(c1)CCN2Cc1ccccc1. The average Bonchev–Trinajstić information content (AvgIpc) is 3.11. The van der Waals surface area contributed by atoms with Crippen molar-refractivity contribution in [2.75, 3.05) is 18.0 Å². The summed E-state index contributed by atoms with van der Waals surface area (Å²) in [6.45, 7) is 2.43. The predicted molar refractivity (Wildman–Crippen MR) is 112 cm³/mol. The van der Waals surface area contributed by atoms with Crippen molar-refractivity contribution in [3.63, 3.8) is 0 Å². The van der Waals surface area contributed by atoms with Gasteiger partial charge in [-0.3, -0.25) is 0 Å². The zero-order valence-corrected chi connectivity index (χ0v) is 15.8. The summed E-state index contributed by atoms with van der Waals surface area (Å²) in [6.07, 6.45) is 1.35. The van der Waals surface area contributed by atoms with Crippen LogP contribution in [0.25, 0.3) is 0 Å². The van der Waals surface area contributed by atoms with E-state index in [4.69, 9.17) is 4.74 Å². The van der Waals surface area contributed by atoms with Crippen LogP contribution < -0.4 is 15.0 Å². The van der Waals surface area contributed by atoms with Gasteiger partial charge in [0, 0.05) is 25.3 Å². The molecular formula is C24H24N2O2. The Morgan fingerprint density at radius 1 is 0.929 bits per heavy atom. The number of carbonyl (C=O) groups excluding carboxylic acids is 1. The summed E-state index contributed by atoms with van der Waals surface area (Å²) < 4.78 is 5.46. The highest BCUT2D eigenvalue weighted by Crippen LogP contribution is 2.32. The fourth-order valence-electron chi connectivity index (χ4n) is 3.57. The van der Waals surface area contributed by atoms with E-state index in [0.717, 1.165) is 25.9 Å². The van der Waals surface area contributed by atoms with Crippen LogP contribution in [-0.4, -0.2) is 19.2 Å². The minimum absolute atomic E-state index is 0.407. The van der Waals surface area contributed by atoms with Gasteiger partial charge in [0.15, 0.2) is 0 Å². The van der Waals surface area contributed by atoms with E-state index >= 15 is 0 Å². The topological polar surface area (TPSA) is 41.6 Å². The molecule has 1 aliphatic rings. The first-order valence-electron chi connectivity index (χ1n) is 9.69. The summed E-state index contributed by atoms with van der Waals surface area (Å²) in [6, 6.07) is 26.5. The van der Waals surface area contributed by atoms with Gasteiger partial charge in [-0.1, -0.05) is 60.7 Å². The quantitative estimate of drug-likeness (QED) is 0.689. The molecule has 0 radical (unpaired) electrons. The Morgan fingerprint density at radius 3 is 2.39 bits per heavy atom. The van der Waals surface area contributed by atoms with Crippen molar-refractivity contribution < 1.29 is 9.53 Å². The standard InChI is InChI=1S/C24H24N2O2/c27-24(25-15-13-19-7-3-1-4-8-19)28-22-11-12-23-21(17-22)14-16-26(23)18-20-9-5-2-6-10-20/h1-12,17H,13-16,18H2,(H,25,27). The minimum Gasteiger partial charge on any atom is -0.410 e. The number of fused-ring (bicyclic) bond motifs is 1. The highest BCUT2D eigenvalue weighted by atomic mass is 16.6. The van der Waals surface area contributed by atoms with Crippen molar-refractivity contribution in [3.05, 3.63) is 95.6 Å². The molecule has 4 rings (SSSR count). The Kier molecular flexibility index (Phi) is 5.57. The van der Waals surface area contributed by atoms with Crippen LogP contribution in [0, 0.1) is 0 Å². The van der Waals surface area contributed by atoms with Crippen molar-refractivity contribution in [1.82, 2.24) is 5.32 Å². The van der Waals surface area contributed by atoms with E-state index in [1.54, 1.807) is 0 Å². The Labute approximate surface area is 165 Å². The van der Waals surface area contributed by atoms with E-state index < -0.39 is 6.09 Å². The van der Waals surface area contributed by atoms with Gasteiger partial charge in [-0.05, 0) is 47.7 Å². The molecule has 0 spiro atoms. The minimum atomic E-state index is -0.407. The number of hydrogen-bond donors (Lipinski definition) is 1. The molecule has 0 fully saturated rings. The first kappa shape index (κ1) is 18.1. The highest BCUT2D eigenvalue weighted by Gasteiger charge is 2.20. The maximum absolute atomic E-state index is 12.1. The van der Waals surface area contributed by atoms with Gasteiger partial charge in [0.1, 0.15) is 5.75 Å². The third-order valence-corrected chi connectivity index (χ3v) is 5.00. The molecule has 0 saturated carbocycles. The average molecular weight is 372 g/mol. The number of nitrogens with one attached hydrogen (secondary N) is 1. The summed E-state index contributed by atoms with van der Waals surface area (Å²) in [5.41, 5.74) is 4.94. The Hall–Kier alpha value is -3.27. The number of carbonyl (C=O) groups is 1. The van der Waals surface area contributed by atoms with Crippen LogP contribution in [0.15, 0.2) is 78.9 Å². The molecule has 0 bridgehead atoms. The second-order valence-electron chi connectivity index (χ2n) is 7.00.